The Bertz CT molecular complexity index is 2420. The van der Waals surface area contributed by atoms with Crippen molar-refractivity contribution < 1.29 is 151 Å². The number of carbonyl (C=O) groups is 1. The minimum atomic E-state index is -5.26. The zero-order valence-electron chi connectivity index (χ0n) is 56.0. The van der Waals surface area contributed by atoms with Gasteiger partial charge >= 0.3 is 29.6 Å². The summed E-state index contributed by atoms with van der Waals surface area (Å²) in [5, 5.41) is 138. The molecular weight excluding hydrogens is 1270 g/mol. The second kappa shape index (κ2) is 44.5. The first kappa shape index (κ1) is 85.6. The zero-order chi connectivity index (χ0) is 69.1. The van der Waals surface area contributed by atoms with E-state index in [4.69, 9.17) is 33.2 Å². The predicted molar refractivity (Wildman–Crippen MR) is 344 cm³/mol. The second-order valence-corrected chi connectivity index (χ2v) is 27.8. The van der Waals surface area contributed by atoms with Crippen LogP contribution in [0.25, 0.3) is 0 Å². The minimum Gasteiger partial charge on any atom is -0.726 e. The molecule has 27 heteroatoms. The average molecular weight is 1390 g/mol. The molecule has 25 nitrogen and oxygen atoms in total. The molecule has 0 spiro atoms. The van der Waals surface area contributed by atoms with Crippen LogP contribution in [0.1, 0.15) is 181 Å². The fraction of sp³-hybridized carbons (Fsp3) is 0.809. The smallest absolute Gasteiger partial charge is 0.726 e. The van der Waals surface area contributed by atoms with E-state index in [1.807, 2.05) is 6.08 Å². The molecule has 0 bridgehead atoms. The van der Waals surface area contributed by atoms with Gasteiger partial charge in [-0.1, -0.05) is 106 Å². The van der Waals surface area contributed by atoms with Gasteiger partial charge in [0, 0.05) is 38.5 Å². The van der Waals surface area contributed by atoms with Crippen molar-refractivity contribution >= 4 is 16.2 Å². The van der Waals surface area contributed by atoms with E-state index in [-0.39, 0.29) is 92.5 Å². The number of aliphatic hydroxyl groups is 13. The third kappa shape index (κ3) is 31.5. The monoisotopic (exact) mass is 1380 g/mol. The van der Waals surface area contributed by atoms with Crippen molar-refractivity contribution in [3.05, 3.63) is 73.4 Å². The number of carbonyl (C=O) groups excluding carboxylic acids is 1. The Balaban J connectivity index is 0.0000192. The molecule has 0 aromatic rings. The SMILES string of the molecule is C=CCC(=C)C[C@@H]1C[C@@H](O)[C@H](C/C=C/CC(=C)/C=C/CC/C=C/CCCCCCCC(C)CC[C@H]2O[C@@H]2CCCC(CC(O)CC(=O)CC(O)CCC(O)[C@@H]2C[C@H](O)[C@H](OS(=O)(=O)[O-])[C@@H](CC(C)O)O2)O[C@@H]2O[C@H](CO[C@@H]3O[C@H](CO)[C@@H](O)[C@H](O)[C@H]3O)[C@@H](O)[C@H](O)[C@H]2O)O1.[Na+]. The van der Waals surface area contributed by atoms with E-state index < -0.39 is 165 Å². The first-order valence-electron chi connectivity index (χ1n) is 34.1. The Morgan fingerprint density at radius 1 is 0.632 bits per heavy atom. The van der Waals surface area contributed by atoms with Gasteiger partial charge in [0.25, 0.3) is 0 Å². The molecule has 0 saturated carbocycles. The molecular formula is C68H113NaO25S. The van der Waals surface area contributed by atoms with E-state index in [9.17, 15) is 84.1 Å². The molecule has 0 aliphatic carbocycles. The van der Waals surface area contributed by atoms with E-state index in [0.717, 1.165) is 81.8 Å². The Kier molecular flexibility index (Phi) is 40.1. The largest absolute Gasteiger partial charge is 1.00 e. The van der Waals surface area contributed by atoms with Crippen molar-refractivity contribution in [3.63, 3.8) is 0 Å². The fourth-order valence-corrected chi connectivity index (χ4v) is 13.3. The van der Waals surface area contributed by atoms with Crippen molar-refractivity contribution in [1.82, 2.24) is 0 Å². The van der Waals surface area contributed by atoms with Gasteiger partial charge in [-0.05, 0) is 109 Å². The summed E-state index contributed by atoms with van der Waals surface area (Å²) in [6, 6.07) is 0. The molecule has 5 rings (SSSR count). The van der Waals surface area contributed by atoms with E-state index in [1.54, 1.807) is 0 Å². The number of rotatable bonds is 47. The van der Waals surface area contributed by atoms with Crippen LogP contribution >= 0.6 is 0 Å². The van der Waals surface area contributed by atoms with Crippen LogP contribution in [0.15, 0.2) is 73.4 Å². The molecule has 95 heavy (non-hydrogen) atoms. The molecule has 5 fully saturated rings. The van der Waals surface area contributed by atoms with Crippen LogP contribution in [0.5, 0.6) is 0 Å². The Morgan fingerprint density at radius 3 is 1.99 bits per heavy atom. The second-order valence-electron chi connectivity index (χ2n) is 26.7. The molecule has 6 unspecified atom stereocenters. The molecule has 5 heterocycles. The predicted octanol–water partition coefficient (Wildman–Crippen LogP) is 0.647. The third-order valence-electron chi connectivity index (χ3n) is 18.2. The molecule has 13 N–H and O–H groups in total. The van der Waals surface area contributed by atoms with Gasteiger partial charge in [0.2, 0.25) is 10.4 Å². The number of hydrogen-bond donors (Lipinski definition) is 13. The van der Waals surface area contributed by atoms with Crippen molar-refractivity contribution in [2.75, 3.05) is 13.2 Å². The Morgan fingerprint density at radius 2 is 1.28 bits per heavy atom. The van der Waals surface area contributed by atoms with Gasteiger partial charge < -0.3 is 104 Å². The van der Waals surface area contributed by atoms with Crippen molar-refractivity contribution in [1.29, 1.82) is 0 Å². The molecule has 0 aromatic carbocycles. The molecule has 25 atom stereocenters. The normalized spacial score (nSPS) is 33.2. The number of unbranched alkanes of at least 4 members (excludes halogenated alkanes) is 6. The Hall–Kier alpha value is -1.82. The van der Waals surface area contributed by atoms with Crippen LogP contribution in [-0.2, 0) is 52.5 Å². The summed E-state index contributed by atoms with van der Waals surface area (Å²) in [4.78, 5) is 13.3. The number of hydrogen-bond acceptors (Lipinski definition) is 25. The van der Waals surface area contributed by atoms with Crippen molar-refractivity contribution in [2.24, 2.45) is 5.92 Å². The van der Waals surface area contributed by atoms with Crippen molar-refractivity contribution in [2.45, 2.75) is 328 Å². The first-order chi connectivity index (χ1) is 44.7. The molecule has 0 aromatic heterocycles. The maximum Gasteiger partial charge on any atom is 1.00 e. The van der Waals surface area contributed by atoms with E-state index in [0.29, 0.717) is 31.6 Å². The summed E-state index contributed by atoms with van der Waals surface area (Å²) < 4.78 is 79.4. The zero-order valence-corrected chi connectivity index (χ0v) is 58.8. The Labute approximate surface area is 584 Å². The number of ketones is 1. The average Bonchev–Trinajstić information content (AvgIpc) is 1.76. The van der Waals surface area contributed by atoms with Gasteiger partial charge in [-0.25, -0.2) is 8.42 Å². The number of ether oxygens (including phenoxy) is 7. The summed E-state index contributed by atoms with van der Waals surface area (Å²) in [5.74, 6) is -0.0265. The molecule has 5 saturated heterocycles. The van der Waals surface area contributed by atoms with Gasteiger partial charge in [0.15, 0.2) is 12.6 Å². The summed E-state index contributed by atoms with van der Waals surface area (Å²) in [5.41, 5.74) is 2.11. The summed E-state index contributed by atoms with van der Waals surface area (Å²) >= 11 is 0. The first-order valence-corrected chi connectivity index (χ1v) is 35.4. The molecule has 0 amide bonds. The number of Topliss-reactive ketones (excluding diaryl/α,β-unsaturated/α-hetero) is 1. The van der Waals surface area contributed by atoms with Gasteiger partial charge in [-0.3, -0.25) is 8.98 Å². The topological polar surface area (TPSA) is 414 Å². The van der Waals surface area contributed by atoms with Crippen LogP contribution in [0.4, 0.5) is 0 Å². The van der Waals surface area contributed by atoms with Gasteiger partial charge in [0.1, 0.15) is 60.7 Å². The number of epoxide rings is 1. The van der Waals surface area contributed by atoms with Crippen molar-refractivity contribution in [3.8, 4) is 0 Å². The van der Waals surface area contributed by atoms with Crippen LogP contribution in [0, 0.1) is 5.92 Å². The van der Waals surface area contributed by atoms with Crippen LogP contribution in [0.3, 0.4) is 0 Å². The molecule has 0 radical (unpaired) electrons. The van der Waals surface area contributed by atoms with E-state index in [1.165, 1.54) is 26.2 Å². The van der Waals surface area contributed by atoms with E-state index >= 15 is 0 Å². The summed E-state index contributed by atoms with van der Waals surface area (Å²) in [6.07, 6.45) is 1.00. The number of allylic oxidation sites excluding steroid dienone is 7. The minimum absolute atomic E-state index is 0. The standard InChI is InChI=1S/C68H114O25S.Na/c1-6-21-43(4)32-49-37-51(75)53(87-49)26-19-18-24-41(2)22-16-14-12-10-8-7-9-11-13-15-17-23-42(3)28-31-55-54(89-55)27-20-25-48(88-68-65(82)63(80)61(78)59(92-68)40-86-67-64(81)62(79)60(77)58(39-69)91-67)36-47(73)35-46(72)34-45(71)29-30-50(74)56-38-52(76)66(93-94(83,84)85)57(90-56)33-44(5)70;/h6,8,10,16,18-19,22,42,44-45,47-71,73-82H,1-2,4,7,9,11-15,17,20-21,23-40H2,3,5H3,(H,83,84,85);/q;+1/p-1/b10-8+,19-18+,22-16+;/t42?,44?,45?,47?,48?,49-,50?,51-,52+,53+,54-,55-,56+,57-,58-,59-,60-,61-,62+,63+,64-,65-,66+,67-,68-;/m1./s1. The van der Waals surface area contributed by atoms with Crippen LogP contribution < -0.4 is 29.6 Å². The molecule has 5 aliphatic rings. The quantitative estimate of drug-likeness (QED) is 0.00756. The van der Waals surface area contributed by atoms with E-state index in [2.05, 4.69) is 67.3 Å². The molecule has 5 aliphatic heterocycles. The maximum absolute atomic E-state index is 13.3. The third-order valence-corrected chi connectivity index (χ3v) is 18.7. The summed E-state index contributed by atoms with van der Waals surface area (Å²) in [7, 11) is -5.26. The van der Waals surface area contributed by atoms with Gasteiger partial charge in [-0.15, -0.1) is 6.58 Å². The van der Waals surface area contributed by atoms with Gasteiger partial charge in [0.05, 0.1) is 92.6 Å². The van der Waals surface area contributed by atoms with Crippen LogP contribution in [0.2, 0.25) is 0 Å². The van der Waals surface area contributed by atoms with Gasteiger partial charge in [-0.2, -0.15) is 0 Å². The summed E-state index contributed by atoms with van der Waals surface area (Å²) in [6.45, 7) is 14.3. The maximum atomic E-state index is 13.3. The number of aliphatic hydroxyl groups excluding tert-OH is 13. The van der Waals surface area contributed by atoms with Crippen LogP contribution in [-0.4, -0.2) is 245 Å². The molecule has 542 valence electrons. The fourth-order valence-electron chi connectivity index (χ4n) is 12.7.